The van der Waals surface area contributed by atoms with E-state index in [9.17, 15) is 18.3 Å². The number of benzene rings is 1. The maximum Gasteiger partial charge on any atom is 0.395 e. The van der Waals surface area contributed by atoms with E-state index in [1.54, 1.807) is 7.05 Å². The molecule has 1 aromatic rings. The summed E-state index contributed by atoms with van der Waals surface area (Å²) in [4.78, 5) is 0. The lowest BCUT2D eigenvalue weighted by molar-refractivity contribution is -0.152. The van der Waals surface area contributed by atoms with Crippen molar-refractivity contribution in [3.63, 3.8) is 0 Å². The highest BCUT2D eigenvalue weighted by molar-refractivity contribution is 5.35. The van der Waals surface area contributed by atoms with E-state index in [1.165, 1.54) is 24.3 Å². The SMILES string of the molecule is CNCCC(c1ccccc1O)C(F)(F)F. The molecule has 1 rings (SSSR count). The molecule has 0 aliphatic carbocycles. The van der Waals surface area contributed by atoms with Gasteiger partial charge in [0.25, 0.3) is 0 Å². The van der Waals surface area contributed by atoms with E-state index in [0.29, 0.717) is 0 Å². The molecule has 1 atom stereocenters. The monoisotopic (exact) mass is 233 g/mol. The Bertz CT molecular complexity index is 338. The Morgan fingerprint density at radius 3 is 2.44 bits per heavy atom. The summed E-state index contributed by atoms with van der Waals surface area (Å²) < 4.78 is 38.3. The minimum Gasteiger partial charge on any atom is -0.508 e. The lowest BCUT2D eigenvalue weighted by Gasteiger charge is -2.21. The molecule has 0 radical (unpaired) electrons. The van der Waals surface area contributed by atoms with Crippen molar-refractivity contribution in [3.8, 4) is 5.75 Å². The second kappa shape index (κ2) is 5.21. The lowest BCUT2D eigenvalue weighted by atomic mass is 9.94. The average Bonchev–Trinajstić information content (AvgIpc) is 2.19. The van der Waals surface area contributed by atoms with Gasteiger partial charge in [0.1, 0.15) is 5.75 Å². The number of para-hydroxylation sites is 1. The van der Waals surface area contributed by atoms with Gasteiger partial charge in [0.2, 0.25) is 0 Å². The second-order valence-corrected chi connectivity index (χ2v) is 3.55. The van der Waals surface area contributed by atoms with Crippen molar-refractivity contribution >= 4 is 0 Å². The average molecular weight is 233 g/mol. The van der Waals surface area contributed by atoms with Gasteiger partial charge in [-0.2, -0.15) is 13.2 Å². The Morgan fingerprint density at radius 1 is 1.31 bits per heavy atom. The van der Waals surface area contributed by atoms with Gasteiger partial charge in [-0.15, -0.1) is 0 Å². The van der Waals surface area contributed by atoms with Gasteiger partial charge in [-0.05, 0) is 26.1 Å². The Morgan fingerprint density at radius 2 is 1.94 bits per heavy atom. The third kappa shape index (κ3) is 3.13. The van der Waals surface area contributed by atoms with Gasteiger partial charge in [-0.1, -0.05) is 18.2 Å². The summed E-state index contributed by atoms with van der Waals surface area (Å²) >= 11 is 0. The molecule has 0 saturated carbocycles. The zero-order valence-electron chi connectivity index (χ0n) is 8.88. The van der Waals surface area contributed by atoms with E-state index >= 15 is 0 Å². The number of nitrogens with one attached hydrogen (secondary N) is 1. The summed E-state index contributed by atoms with van der Waals surface area (Å²) in [6.07, 6.45) is -4.42. The van der Waals surface area contributed by atoms with Crippen molar-refractivity contribution in [2.45, 2.75) is 18.5 Å². The van der Waals surface area contributed by atoms with Crippen molar-refractivity contribution in [1.29, 1.82) is 0 Å². The summed E-state index contributed by atoms with van der Waals surface area (Å²) in [5, 5.41) is 12.1. The van der Waals surface area contributed by atoms with Crippen LogP contribution in [0.25, 0.3) is 0 Å². The van der Waals surface area contributed by atoms with Crippen LogP contribution >= 0.6 is 0 Å². The van der Waals surface area contributed by atoms with E-state index in [0.717, 1.165) is 0 Å². The fourth-order valence-electron chi connectivity index (χ4n) is 1.57. The van der Waals surface area contributed by atoms with Gasteiger partial charge in [0.05, 0.1) is 5.92 Å². The predicted octanol–water partition coefficient (Wildman–Crippen LogP) is 2.65. The molecule has 0 aromatic heterocycles. The van der Waals surface area contributed by atoms with Crippen LogP contribution < -0.4 is 5.32 Å². The zero-order valence-corrected chi connectivity index (χ0v) is 8.88. The van der Waals surface area contributed by atoms with Crippen molar-refractivity contribution < 1.29 is 18.3 Å². The van der Waals surface area contributed by atoms with E-state index in [2.05, 4.69) is 5.32 Å². The molecule has 90 valence electrons. The molecule has 2 nitrogen and oxygen atoms in total. The molecule has 0 heterocycles. The first-order chi connectivity index (χ1) is 7.46. The van der Waals surface area contributed by atoms with E-state index in [4.69, 9.17) is 0 Å². The molecule has 0 aliphatic heterocycles. The van der Waals surface area contributed by atoms with E-state index in [1.807, 2.05) is 0 Å². The number of hydrogen-bond donors (Lipinski definition) is 2. The smallest absolute Gasteiger partial charge is 0.395 e. The quantitative estimate of drug-likeness (QED) is 0.837. The number of phenols is 1. The molecule has 2 N–H and O–H groups in total. The zero-order chi connectivity index (χ0) is 12.2. The van der Waals surface area contributed by atoms with Crippen molar-refractivity contribution in [2.75, 3.05) is 13.6 Å². The highest BCUT2D eigenvalue weighted by atomic mass is 19.4. The molecular formula is C11H14F3NO. The maximum absolute atomic E-state index is 12.8. The van der Waals surface area contributed by atoms with Crippen molar-refractivity contribution in [2.24, 2.45) is 0 Å². The van der Waals surface area contributed by atoms with Crippen molar-refractivity contribution in [1.82, 2.24) is 5.32 Å². The third-order valence-corrected chi connectivity index (χ3v) is 2.39. The molecule has 1 aromatic carbocycles. The maximum atomic E-state index is 12.8. The number of aromatic hydroxyl groups is 1. The fraction of sp³-hybridized carbons (Fsp3) is 0.455. The lowest BCUT2D eigenvalue weighted by Crippen LogP contribution is -2.24. The van der Waals surface area contributed by atoms with Gasteiger partial charge in [0, 0.05) is 5.56 Å². The molecule has 0 amide bonds. The van der Waals surface area contributed by atoms with Crippen LogP contribution in [0.3, 0.4) is 0 Å². The summed E-state index contributed by atoms with van der Waals surface area (Å²) in [6, 6.07) is 5.58. The minimum absolute atomic E-state index is 0.0646. The van der Waals surface area contributed by atoms with Gasteiger partial charge in [0.15, 0.2) is 0 Å². The Kier molecular flexibility index (Phi) is 4.18. The third-order valence-electron chi connectivity index (χ3n) is 2.39. The molecule has 0 bridgehead atoms. The van der Waals surface area contributed by atoms with Crippen LogP contribution in [0.5, 0.6) is 5.75 Å². The normalized spacial score (nSPS) is 13.8. The summed E-state index contributed by atoms with van der Waals surface area (Å²) in [5.74, 6) is -1.93. The summed E-state index contributed by atoms with van der Waals surface area (Å²) in [6.45, 7) is 0.249. The first-order valence-electron chi connectivity index (χ1n) is 4.96. The fourth-order valence-corrected chi connectivity index (χ4v) is 1.57. The van der Waals surface area contributed by atoms with Crippen LogP contribution in [0.15, 0.2) is 24.3 Å². The second-order valence-electron chi connectivity index (χ2n) is 3.55. The Hall–Kier alpha value is -1.23. The van der Waals surface area contributed by atoms with E-state index in [-0.39, 0.29) is 24.3 Å². The van der Waals surface area contributed by atoms with Crippen LogP contribution in [0.1, 0.15) is 17.9 Å². The molecule has 0 spiro atoms. The van der Waals surface area contributed by atoms with Crippen LogP contribution in [-0.2, 0) is 0 Å². The first-order valence-corrected chi connectivity index (χ1v) is 4.96. The van der Waals surface area contributed by atoms with Crippen molar-refractivity contribution in [3.05, 3.63) is 29.8 Å². The molecule has 0 aliphatic rings. The van der Waals surface area contributed by atoms with Gasteiger partial charge in [-0.3, -0.25) is 0 Å². The number of alkyl halides is 3. The highest BCUT2D eigenvalue weighted by Gasteiger charge is 2.41. The first kappa shape index (κ1) is 12.8. The summed E-state index contributed by atoms with van der Waals surface area (Å²) in [7, 11) is 1.60. The van der Waals surface area contributed by atoms with Gasteiger partial charge in [-0.25, -0.2) is 0 Å². The van der Waals surface area contributed by atoms with Gasteiger partial charge >= 0.3 is 6.18 Å². The Balaban J connectivity index is 2.97. The van der Waals surface area contributed by atoms with Gasteiger partial charge < -0.3 is 10.4 Å². The molecule has 16 heavy (non-hydrogen) atoms. The van der Waals surface area contributed by atoms with Crippen LogP contribution in [-0.4, -0.2) is 24.9 Å². The number of hydrogen-bond acceptors (Lipinski definition) is 2. The topological polar surface area (TPSA) is 32.3 Å². The van der Waals surface area contributed by atoms with Crippen LogP contribution in [0, 0.1) is 0 Å². The van der Waals surface area contributed by atoms with Crippen LogP contribution in [0.2, 0.25) is 0 Å². The molecule has 0 fully saturated rings. The number of rotatable bonds is 4. The molecule has 0 saturated heterocycles. The standard InChI is InChI=1S/C11H14F3NO/c1-15-7-6-9(11(12,13)14)8-4-2-3-5-10(8)16/h2-5,9,15-16H,6-7H2,1H3. The Labute approximate surface area is 92.1 Å². The largest absolute Gasteiger partial charge is 0.508 e. The number of halogens is 3. The number of phenolic OH excluding ortho intramolecular Hbond substituents is 1. The molecular weight excluding hydrogens is 219 g/mol. The highest BCUT2D eigenvalue weighted by Crippen LogP contribution is 2.40. The minimum atomic E-state index is -4.34. The predicted molar refractivity (Wildman–Crippen MR) is 55.4 cm³/mol. The molecule has 5 heteroatoms. The summed E-state index contributed by atoms with van der Waals surface area (Å²) in [5.41, 5.74) is -0.0646. The molecule has 1 unspecified atom stereocenters. The van der Waals surface area contributed by atoms with E-state index < -0.39 is 12.1 Å². The van der Waals surface area contributed by atoms with Crippen LogP contribution in [0.4, 0.5) is 13.2 Å².